The van der Waals surface area contributed by atoms with Crippen molar-refractivity contribution in [3.8, 4) is 16.9 Å². The number of amides is 4. The minimum Gasteiger partial charge on any atom is -0.495 e. The van der Waals surface area contributed by atoms with Crippen LogP contribution in [0.3, 0.4) is 0 Å². The molecule has 0 spiro atoms. The average Bonchev–Trinajstić information content (AvgIpc) is 3.24. The van der Waals surface area contributed by atoms with Gasteiger partial charge in [-0.1, -0.05) is 54.1 Å². The Labute approximate surface area is 286 Å². The molecule has 2 aliphatic heterocycles. The molecule has 1 saturated heterocycles. The first-order chi connectivity index (χ1) is 23.6. The number of fused-ring (bicyclic) bond motifs is 1. The van der Waals surface area contributed by atoms with Crippen LogP contribution in [0.4, 0.5) is 17.1 Å². The highest BCUT2D eigenvalue weighted by atomic mass is 16.5. The molecule has 4 aromatic carbocycles. The van der Waals surface area contributed by atoms with E-state index in [4.69, 9.17) is 4.74 Å². The summed E-state index contributed by atoms with van der Waals surface area (Å²) in [6, 6.07) is 25.9. The van der Waals surface area contributed by atoms with Crippen LogP contribution in [-0.2, 0) is 9.59 Å². The predicted octanol–water partition coefficient (Wildman–Crippen LogP) is 5.39. The number of piperazine rings is 1. The van der Waals surface area contributed by atoms with Crippen LogP contribution in [0.15, 0.2) is 84.9 Å². The third kappa shape index (κ3) is 7.19. The summed E-state index contributed by atoms with van der Waals surface area (Å²) in [6.07, 6.45) is 0.0567. The van der Waals surface area contributed by atoms with E-state index in [9.17, 15) is 19.2 Å². The molecular formula is C39H41N5O5. The second-order valence-electron chi connectivity index (χ2n) is 12.6. The standard InChI is InChI=1S/C39H41N5O5/c1-26-9-12-28(13-10-26)30-7-5-6-8-31(30)38(47)40-32-15-14-29(24-35(32)49-4)39(48)43-18-17-36(45)44(34-23-27(2)11-16-33(34)43)25-37(46)42-21-19-41(3)20-22-42/h5-16,23-24H,17-22,25H2,1-4H3,(H,40,47). The fourth-order valence-corrected chi connectivity index (χ4v) is 6.29. The van der Waals surface area contributed by atoms with E-state index in [-0.39, 0.29) is 43.1 Å². The number of benzene rings is 4. The highest BCUT2D eigenvalue weighted by Crippen LogP contribution is 2.36. The van der Waals surface area contributed by atoms with Gasteiger partial charge in [0.1, 0.15) is 12.3 Å². The van der Waals surface area contributed by atoms with Gasteiger partial charge in [-0.2, -0.15) is 0 Å². The van der Waals surface area contributed by atoms with Crippen molar-refractivity contribution in [1.29, 1.82) is 0 Å². The van der Waals surface area contributed by atoms with E-state index in [1.54, 1.807) is 34.1 Å². The summed E-state index contributed by atoms with van der Waals surface area (Å²) in [5.74, 6) is -0.647. The molecule has 4 amide bonds. The maximum atomic E-state index is 14.1. The molecule has 0 aromatic heterocycles. The quantitative estimate of drug-likeness (QED) is 0.286. The molecule has 49 heavy (non-hydrogen) atoms. The lowest BCUT2D eigenvalue weighted by Gasteiger charge is -2.34. The largest absolute Gasteiger partial charge is 0.495 e. The molecule has 2 aliphatic rings. The first kappa shape index (κ1) is 33.4. The molecule has 2 heterocycles. The highest BCUT2D eigenvalue weighted by molar-refractivity contribution is 6.13. The van der Waals surface area contributed by atoms with Gasteiger partial charge in [-0.3, -0.25) is 19.2 Å². The molecule has 0 radical (unpaired) electrons. The number of nitrogens with one attached hydrogen (secondary N) is 1. The van der Waals surface area contributed by atoms with Crippen LogP contribution in [0.1, 0.15) is 38.3 Å². The van der Waals surface area contributed by atoms with Gasteiger partial charge in [-0.25, -0.2) is 0 Å². The van der Waals surface area contributed by atoms with Gasteiger partial charge >= 0.3 is 0 Å². The summed E-state index contributed by atoms with van der Waals surface area (Å²) < 4.78 is 5.65. The minimum atomic E-state index is -0.328. The van der Waals surface area contributed by atoms with Crippen molar-refractivity contribution in [2.75, 3.05) is 68.5 Å². The predicted molar refractivity (Wildman–Crippen MR) is 191 cm³/mol. The molecule has 0 atom stereocenters. The molecule has 10 nitrogen and oxygen atoms in total. The summed E-state index contributed by atoms with van der Waals surface area (Å²) in [6.45, 7) is 6.77. The molecule has 1 N–H and O–H groups in total. The Hall–Kier alpha value is -5.48. The van der Waals surface area contributed by atoms with Crippen molar-refractivity contribution < 1.29 is 23.9 Å². The maximum Gasteiger partial charge on any atom is 0.258 e. The normalized spacial score (nSPS) is 15.0. The molecular weight excluding hydrogens is 618 g/mol. The van der Waals surface area contributed by atoms with Gasteiger partial charge in [-0.05, 0) is 74.0 Å². The van der Waals surface area contributed by atoms with Crippen LogP contribution in [0.25, 0.3) is 11.1 Å². The molecule has 0 unspecified atom stereocenters. The SMILES string of the molecule is COc1cc(C(=O)N2CCC(=O)N(CC(=O)N3CCN(C)CC3)c3cc(C)ccc32)ccc1NC(=O)c1ccccc1-c1ccc(C)cc1. The molecule has 6 rings (SSSR count). The molecule has 10 heteroatoms. The number of aryl methyl sites for hydroxylation is 2. The Morgan fingerprint density at radius 2 is 1.51 bits per heavy atom. The van der Waals surface area contributed by atoms with Crippen molar-refractivity contribution in [2.24, 2.45) is 0 Å². The highest BCUT2D eigenvalue weighted by Gasteiger charge is 2.33. The van der Waals surface area contributed by atoms with Gasteiger partial charge in [0, 0.05) is 50.3 Å². The number of ether oxygens (including phenoxy) is 1. The minimum absolute atomic E-state index is 0.0567. The first-order valence-corrected chi connectivity index (χ1v) is 16.5. The number of nitrogens with zero attached hydrogens (tertiary/aromatic N) is 4. The van der Waals surface area contributed by atoms with Gasteiger partial charge in [0.15, 0.2) is 0 Å². The summed E-state index contributed by atoms with van der Waals surface area (Å²) >= 11 is 0. The fourth-order valence-electron chi connectivity index (χ4n) is 6.29. The number of anilines is 3. The Balaban J connectivity index is 1.25. The number of methoxy groups -OCH3 is 1. The Kier molecular flexibility index (Phi) is 9.77. The monoisotopic (exact) mass is 659 g/mol. The second kappa shape index (κ2) is 14.3. The molecule has 252 valence electrons. The summed E-state index contributed by atoms with van der Waals surface area (Å²) in [5, 5.41) is 2.96. The van der Waals surface area contributed by atoms with Crippen molar-refractivity contribution in [3.63, 3.8) is 0 Å². The fraction of sp³-hybridized carbons (Fsp3) is 0.282. The van der Waals surface area contributed by atoms with E-state index in [1.165, 1.54) is 12.0 Å². The Bertz CT molecular complexity index is 1900. The summed E-state index contributed by atoms with van der Waals surface area (Å²) in [5.41, 5.74) is 6.10. The lowest BCUT2D eigenvalue weighted by atomic mass is 9.98. The zero-order valence-corrected chi connectivity index (χ0v) is 28.4. The van der Waals surface area contributed by atoms with Crippen molar-refractivity contribution in [1.82, 2.24) is 9.80 Å². The van der Waals surface area contributed by atoms with Gasteiger partial charge < -0.3 is 29.7 Å². The number of carbonyl (C=O) groups excluding carboxylic acids is 4. The van der Waals surface area contributed by atoms with Gasteiger partial charge in [0.25, 0.3) is 11.8 Å². The van der Waals surface area contributed by atoms with Crippen molar-refractivity contribution in [2.45, 2.75) is 20.3 Å². The number of hydrogen-bond acceptors (Lipinski definition) is 6. The van der Waals surface area contributed by atoms with Crippen LogP contribution >= 0.6 is 0 Å². The van der Waals surface area contributed by atoms with Gasteiger partial charge in [0.2, 0.25) is 11.8 Å². The van der Waals surface area contributed by atoms with Crippen LogP contribution in [0.5, 0.6) is 5.75 Å². The summed E-state index contributed by atoms with van der Waals surface area (Å²) in [4.78, 5) is 61.6. The Morgan fingerprint density at radius 1 is 0.796 bits per heavy atom. The van der Waals surface area contributed by atoms with Crippen molar-refractivity contribution >= 4 is 40.7 Å². The van der Waals surface area contributed by atoms with E-state index in [1.807, 2.05) is 81.6 Å². The lowest BCUT2D eigenvalue weighted by Crippen LogP contribution is -2.50. The summed E-state index contributed by atoms with van der Waals surface area (Å²) in [7, 11) is 3.51. The topological polar surface area (TPSA) is 102 Å². The van der Waals surface area contributed by atoms with Gasteiger partial charge in [0.05, 0.1) is 24.2 Å². The molecule has 0 bridgehead atoms. The van der Waals surface area contributed by atoms with Crippen molar-refractivity contribution in [3.05, 3.63) is 107 Å². The zero-order chi connectivity index (χ0) is 34.7. The number of carbonyl (C=O) groups is 4. The van der Waals surface area contributed by atoms with E-state index in [0.717, 1.165) is 35.3 Å². The first-order valence-electron chi connectivity index (χ1n) is 16.5. The maximum absolute atomic E-state index is 14.1. The third-order valence-corrected chi connectivity index (χ3v) is 9.19. The number of hydrogen-bond donors (Lipinski definition) is 1. The van der Waals surface area contributed by atoms with Crippen LogP contribution in [0, 0.1) is 13.8 Å². The van der Waals surface area contributed by atoms with Crippen LogP contribution in [0.2, 0.25) is 0 Å². The van der Waals surface area contributed by atoms with Gasteiger partial charge in [-0.15, -0.1) is 0 Å². The second-order valence-corrected chi connectivity index (χ2v) is 12.6. The van der Waals surface area contributed by atoms with E-state index in [0.29, 0.717) is 47.0 Å². The van der Waals surface area contributed by atoms with Crippen LogP contribution < -0.4 is 19.9 Å². The number of rotatable bonds is 7. The Morgan fingerprint density at radius 3 is 2.24 bits per heavy atom. The van der Waals surface area contributed by atoms with Crippen LogP contribution in [-0.4, -0.2) is 86.9 Å². The molecule has 4 aromatic rings. The zero-order valence-electron chi connectivity index (χ0n) is 28.4. The lowest BCUT2D eigenvalue weighted by molar-refractivity contribution is -0.132. The number of likely N-dealkylation sites (N-methyl/N-ethyl adjacent to an activating group) is 1. The molecule has 1 fully saturated rings. The van der Waals surface area contributed by atoms with E-state index >= 15 is 0 Å². The van der Waals surface area contributed by atoms with E-state index < -0.39 is 0 Å². The molecule has 0 aliphatic carbocycles. The molecule has 0 saturated carbocycles. The smallest absolute Gasteiger partial charge is 0.258 e. The average molecular weight is 660 g/mol. The van der Waals surface area contributed by atoms with E-state index in [2.05, 4.69) is 10.2 Å². The third-order valence-electron chi connectivity index (χ3n) is 9.19.